The molecule has 1 N–H and O–H groups in total. The van der Waals surface area contributed by atoms with Gasteiger partial charge in [0.2, 0.25) is 5.95 Å². The molecule has 1 aliphatic carbocycles. The Morgan fingerprint density at radius 1 is 1.00 bits per heavy atom. The van der Waals surface area contributed by atoms with Crippen LogP contribution in [-0.4, -0.2) is 30.0 Å². The van der Waals surface area contributed by atoms with Gasteiger partial charge in [-0.05, 0) is 49.6 Å². The van der Waals surface area contributed by atoms with Crippen molar-refractivity contribution < 1.29 is 14.3 Å². The van der Waals surface area contributed by atoms with Gasteiger partial charge in [-0.2, -0.15) is 0 Å². The first kappa shape index (κ1) is 19.9. The van der Waals surface area contributed by atoms with Crippen LogP contribution in [0, 0.1) is 13.8 Å². The highest BCUT2D eigenvalue weighted by molar-refractivity contribution is 6.00. The highest BCUT2D eigenvalue weighted by Gasteiger charge is 2.31. The molecule has 0 bridgehead atoms. The van der Waals surface area contributed by atoms with Crippen molar-refractivity contribution in [2.75, 3.05) is 19.5 Å². The van der Waals surface area contributed by atoms with Crippen molar-refractivity contribution in [2.24, 2.45) is 0 Å². The number of Topliss-reactive ketones (excluding diaryl/α,β-unsaturated/α-hetero) is 1. The van der Waals surface area contributed by atoms with E-state index in [0.29, 0.717) is 30.0 Å². The fraction of sp³-hybridized carbons (Fsp3) is 0.292. The van der Waals surface area contributed by atoms with Gasteiger partial charge in [0.1, 0.15) is 11.5 Å². The Labute approximate surface area is 176 Å². The summed E-state index contributed by atoms with van der Waals surface area (Å²) in [6.45, 7) is 3.91. The largest absolute Gasteiger partial charge is 0.497 e. The number of aromatic nitrogens is 2. The molecule has 0 aliphatic heterocycles. The first-order valence-electron chi connectivity index (χ1n) is 9.94. The minimum atomic E-state index is -0.00743. The molecule has 6 heteroatoms. The Morgan fingerprint density at radius 3 is 2.57 bits per heavy atom. The number of hydrogen-bond donors (Lipinski definition) is 1. The summed E-state index contributed by atoms with van der Waals surface area (Å²) in [6.07, 6.45) is 1.06. The molecule has 0 radical (unpaired) electrons. The smallest absolute Gasteiger partial charge is 0.227 e. The van der Waals surface area contributed by atoms with Gasteiger partial charge in [0.15, 0.2) is 5.78 Å². The van der Waals surface area contributed by atoms with Crippen LogP contribution >= 0.6 is 0 Å². The fourth-order valence-electron chi connectivity index (χ4n) is 4.06. The summed E-state index contributed by atoms with van der Waals surface area (Å²) in [7, 11) is 3.25. The summed E-state index contributed by atoms with van der Waals surface area (Å²) >= 11 is 0. The molecule has 30 heavy (non-hydrogen) atoms. The molecular formula is C24H25N3O3. The van der Waals surface area contributed by atoms with Crippen LogP contribution in [0.5, 0.6) is 11.5 Å². The summed E-state index contributed by atoms with van der Waals surface area (Å²) in [5.41, 5.74) is 5.19. The van der Waals surface area contributed by atoms with Crippen molar-refractivity contribution >= 4 is 17.4 Å². The van der Waals surface area contributed by atoms with Gasteiger partial charge in [0.25, 0.3) is 0 Å². The molecule has 0 saturated heterocycles. The lowest BCUT2D eigenvalue weighted by molar-refractivity contribution is 0.0961. The van der Waals surface area contributed by atoms with Crippen LogP contribution in [-0.2, 0) is 6.42 Å². The zero-order valence-corrected chi connectivity index (χ0v) is 17.7. The Morgan fingerprint density at radius 2 is 1.83 bits per heavy atom. The first-order valence-corrected chi connectivity index (χ1v) is 9.94. The van der Waals surface area contributed by atoms with Crippen LogP contribution in [0.15, 0.2) is 42.5 Å². The number of fused-ring (bicyclic) bond motifs is 1. The molecule has 1 aliphatic rings. The number of rotatable bonds is 5. The van der Waals surface area contributed by atoms with Gasteiger partial charge in [0, 0.05) is 24.1 Å². The minimum absolute atomic E-state index is 0.00743. The number of benzene rings is 2. The van der Waals surface area contributed by atoms with Gasteiger partial charge in [0.05, 0.1) is 31.2 Å². The van der Waals surface area contributed by atoms with Crippen molar-refractivity contribution in [1.29, 1.82) is 0 Å². The zero-order chi connectivity index (χ0) is 21.3. The standard InChI is InChI=1S/C24H25N3O3/c1-14-6-5-7-17(10-14)26-24-25-15(2)23-20(27-24)11-16(12-21(23)28)19-9-8-18(29-3)13-22(19)30-4/h5-10,13,16H,11-12H2,1-4H3,(H,25,26,27)/t16-/m0/s1. The molecule has 6 nitrogen and oxygen atoms in total. The third-order valence-electron chi connectivity index (χ3n) is 5.47. The predicted octanol–water partition coefficient (Wildman–Crippen LogP) is 4.77. The molecule has 154 valence electrons. The summed E-state index contributed by atoms with van der Waals surface area (Å²) in [5.74, 6) is 2.01. The van der Waals surface area contributed by atoms with Crippen molar-refractivity contribution in [1.82, 2.24) is 9.97 Å². The molecule has 0 saturated carbocycles. The second-order valence-electron chi connectivity index (χ2n) is 7.59. The number of hydrogen-bond acceptors (Lipinski definition) is 6. The van der Waals surface area contributed by atoms with Crippen LogP contribution in [0.2, 0.25) is 0 Å². The first-order chi connectivity index (χ1) is 14.5. The molecule has 3 aromatic rings. The maximum absolute atomic E-state index is 13.0. The summed E-state index contributed by atoms with van der Waals surface area (Å²) in [4.78, 5) is 22.2. The van der Waals surface area contributed by atoms with Gasteiger partial charge >= 0.3 is 0 Å². The lowest BCUT2D eigenvalue weighted by atomic mass is 9.81. The maximum Gasteiger partial charge on any atom is 0.227 e. The van der Waals surface area contributed by atoms with Gasteiger partial charge in [-0.15, -0.1) is 0 Å². The maximum atomic E-state index is 13.0. The van der Waals surface area contributed by atoms with E-state index in [4.69, 9.17) is 14.5 Å². The number of ether oxygens (including phenoxy) is 2. The van der Waals surface area contributed by atoms with Gasteiger partial charge in [-0.1, -0.05) is 18.2 Å². The number of aryl methyl sites for hydroxylation is 2. The molecular weight excluding hydrogens is 378 g/mol. The van der Waals surface area contributed by atoms with E-state index in [1.165, 1.54) is 0 Å². The van der Waals surface area contributed by atoms with E-state index < -0.39 is 0 Å². The van der Waals surface area contributed by atoms with Crippen molar-refractivity contribution in [3.63, 3.8) is 0 Å². The lowest BCUT2D eigenvalue weighted by Crippen LogP contribution is -2.23. The summed E-state index contributed by atoms with van der Waals surface area (Å²) in [5, 5.41) is 3.27. The van der Waals surface area contributed by atoms with Crippen LogP contribution in [0.4, 0.5) is 11.6 Å². The lowest BCUT2D eigenvalue weighted by Gasteiger charge is -2.26. The molecule has 0 unspecified atom stereocenters. The second kappa shape index (κ2) is 8.14. The molecule has 0 spiro atoms. The highest BCUT2D eigenvalue weighted by atomic mass is 16.5. The normalized spacial score (nSPS) is 15.5. The number of ketones is 1. The van der Waals surface area contributed by atoms with Gasteiger partial charge in [-0.25, -0.2) is 9.97 Å². The predicted molar refractivity (Wildman–Crippen MR) is 116 cm³/mol. The van der Waals surface area contributed by atoms with E-state index in [9.17, 15) is 4.79 Å². The Kier molecular flexibility index (Phi) is 5.40. The SMILES string of the molecule is COc1ccc([C@@H]2CC(=O)c3c(C)nc(Nc4cccc(C)c4)nc3C2)c(OC)c1. The zero-order valence-electron chi connectivity index (χ0n) is 17.7. The quantitative estimate of drug-likeness (QED) is 0.662. The molecule has 2 aromatic carbocycles. The molecule has 1 atom stereocenters. The molecule has 1 aromatic heterocycles. The number of carbonyl (C=O) groups is 1. The van der Waals surface area contributed by atoms with Gasteiger partial charge < -0.3 is 14.8 Å². The monoisotopic (exact) mass is 403 g/mol. The topological polar surface area (TPSA) is 73.3 Å². The van der Waals surface area contributed by atoms with Crippen LogP contribution in [0.3, 0.4) is 0 Å². The van der Waals surface area contributed by atoms with E-state index >= 15 is 0 Å². The number of anilines is 2. The number of carbonyl (C=O) groups excluding carboxylic acids is 1. The molecule has 4 rings (SSSR count). The Bertz CT molecular complexity index is 1110. The highest BCUT2D eigenvalue weighted by Crippen LogP contribution is 2.39. The van der Waals surface area contributed by atoms with E-state index in [2.05, 4.69) is 10.3 Å². The number of nitrogens with zero attached hydrogens (tertiary/aromatic N) is 2. The number of nitrogens with one attached hydrogen (secondary N) is 1. The molecule has 1 heterocycles. The molecule has 0 fully saturated rings. The Hall–Kier alpha value is -3.41. The molecule has 0 amide bonds. The third kappa shape index (κ3) is 3.85. The van der Waals surface area contributed by atoms with E-state index in [0.717, 1.165) is 34.0 Å². The average Bonchev–Trinajstić information content (AvgIpc) is 2.72. The average molecular weight is 403 g/mol. The number of methoxy groups -OCH3 is 2. The van der Waals surface area contributed by atoms with Crippen molar-refractivity contribution in [3.8, 4) is 11.5 Å². The van der Waals surface area contributed by atoms with E-state index in [-0.39, 0.29) is 11.7 Å². The summed E-state index contributed by atoms with van der Waals surface area (Å²) in [6, 6.07) is 13.8. The van der Waals surface area contributed by atoms with Crippen molar-refractivity contribution in [2.45, 2.75) is 32.6 Å². The third-order valence-corrected chi connectivity index (χ3v) is 5.47. The second-order valence-corrected chi connectivity index (χ2v) is 7.59. The van der Waals surface area contributed by atoms with Crippen molar-refractivity contribution in [3.05, 3.63) is 70.5 Å². The Balaban J connectivity index is 1.68. The van der Waals surface area contributed by atoms with Gasteiger partial charge in [-0.3, -0.25) is 4.79 Å². The fourth-order valence-corrected chi connectivity index (χ4v) is 4.06. The van der Waals surface area contributed by atoms with E-state index in [1.54, 1.807) is 14.2 Å². The van der Waals surface area contributed by atoms with E-state index in [1.807, 2.05) is 56.3 Å². The van der Waals surface area contributed by atoms with Crippen LogP contribution < -0.4 is 14.8 Å². The van der Waals surface area contributed by atoms with Crippen LogP contribution in [0.1, 0.15) is 45.2 Å². The van der Waals surface area contributed by atoms with Crippen LogP contribution in [0.25, 0.3) is 0 Å². The summed E-state index contributed by atoms with van der Waals surface area (Å²) < 4.78 is 10.9. The minimum Gasteiger partial charge on any atom is -0.497 e.